The molecule has 0 spiro atoms. The molecule has 1 heterocycles. The first-order valence-corrected chi connectivity index (χ1v) is 5.34. The summed E-state index contributed by atoms with van der Waals surface area (Å²) < 4.78 is 18.9. The quantitative estimate of drug-likeness (QED) is 0.632. The van der Waals surface area contributed by atoms with Gasteiger partial charge < -0.3 is 10.2 Å². The Bertz CT molecular complexity index is 557. The van der Waals surface area contributed by atoms with E-state index in [2.05, 4.69) is 10.4 Å². The van der Waals surface area contributed by atoms with E-state index in [0.717, 1.165) is 12.0 Å². The molecule has 0 radical (unpaired) electrons. The number of ether oxygens (including phenoxy) is 1. The lowest BCUT2D eigenvalue weighted by Crippen LogP contribution is -2.11. The van der Waals surface area contributed by atoms with Gasteiger partial charge in [0.25, 0.3) is 0 Å². The highest BCUT2D eigenvalue weighted by atomic mass is 19.1. The molecule has 2 rings (SSSR count). The zero-order chi connectivity index (χ0) is 12.4. The number of methoxy groups -OCH3 is 1. The Morgan fingerprint density at radius 3 is 2.82 bits per heavy atom. The number of hydrogen-bond donors (Lipinski definition) is 2. The molecule has 0 unspecified atom stereocenters. The van der Waals surface area contributed by atoms with Gasteiger partial charge in [0.1, 0.15) is 22.9 Å². The average Bonchev–Trinajstić information content (AvgIpc) is 2.38. The molecule has 5 heteroatoms. The SMILES string of the molecule is CCc1cc2c(OC)ccc(F)c2nc1NN. The maximum atomic E-state index is 13.7. The summed E-state index contributed by atoms with van der Waals surface area (Å²) in [7, 11) is 1.55. The van der Waals surface area contributed by atoms with Crippen molar-refractivity contribution >= 4 is 16.7 Å². The Morgan fingerprint density at radius 2 is 2.24 bits per heavy atom. The van der Waals surface area contributed by atoms with E-state index >= 15 is 0 Å². The van der Waals surface area contributed by atoms with Crippen molar-refractivity contribution in [1.29, 1.82) is 0 Å². The number of pyridine rings is 1. The van der Waals surface area contributed by atoms with Crippen LogP contribution in [0.15, 0.2) is 18.2 Å². The summed E-state index contributed by atoms with van der Waals surface area (Å²) in [5.74, 6) is 6.08. The Morgan fingerprint density at radius 1 is 1.47 bits per heavy atom. The smallest absolute Gasteiger partial charge is 0.149 e. The fourth-order valence-corrected chi connectivity index (χ4v) is 1.81. The molecule has 0 aliphatic rings. The predicted molar refractivity (Wildman–Crippen MR) is 65.4 cm³/mol. The monoisotopic (exact) mass is 235 g/mol. The molecular weight excluding hydrogens is 221 g/mol. The number of nitrogen functional groups attached to an aromatic ring is 1. The van der Waals surface area contributed by atoms with Gasteiger partial charge in [0.15, 0.2) is 0 Å². The van der Waals surface area contributed by atoms with Crippen LogP contribution in [0.25, 0.3) is 10.9 Å². The Kier molecular flexibility index (Phi) is 3.10. The molecular formula is C12H14FN3O. The first kappa shape index (κ1) is 11.6. The van der Waals surface area contributed by atoms with Crippen LogP contribution < -0.4 is 16.0 Å². The van der Waals surface area contributed by atoms with Gasteiger partial charge in [-0.25, -0.2) is 15.2 Å². The van der Waals surface area contributed by atoms with Gasteiger partial charge in [0.2, 0.25) is 0 Å². The highest BCUT2D eigenvalue weighted by Gasteiger charge is 2.11. The van der Waals surface area contributed by atoms with Crippen molar-refractivity contribution in [3.63, 3.8) is 0 Å². The number of nitrogens with zero attached hydrogens (tertiary/aromatic N) is 1. The standard InChI is InChI=1S/C12H14FN3O/c1-3-7-6-8-10(17-2)5-4-9(13)11(8)15-12(7)16-14/h4-6H,3,14H2,1-2H3,(H,15,16). The van der Waals surface area contributed by atoms with E-state index in [9.17, 15) is 4.39 Å². The van der Waals surface area contributed by atoms with Crippen molar-refractivity contribution in [2.45, 2.75) is 13.3 Å². The molecule has 0 bridgehead atoms. The molecule has 0 aliphatic carbocycles. The van der Waals surface area contributed by atoms with E-state index in [1.54, 1.807) is 13.2 Å². The number of benzene rings is 1. The maximum absolute atomic E-state index is 13.7. The van der Waals surface area contributed by atoms with Crippen molar-refractivity contribution in [3.8, 4) is 5.75 Å². The van der Waals surface area contributed by atoms with E-state index in [4.69, 9.17) is 10.6 Å². The van der Waals surface area contributed by atoms with Crippen LogP contribution in [0.2, 0.25) is 0 Å². The van der Waals surface area contributed by atoms with Crippen molar-refractivity contribution < 1.29 is 9.13 Å². The lowest BCUT2D eigenvalue weighted by molar-refractivity contribution is 0.419. The van der Waals surface area contributed by atoms with Gasteiger partial charge >= 0.3 is 0 Å². The van der Waals surface area contributed by atoms with Crippen molar-refractivity contribution in [3.05, 3.63) is 29.6 Å². The first-order valence-electron chi connectivity index (χ1n) is 5.34. The van der Waals surface area contributed by atoms with Crippen LogP contribution in [0.5, 0.6) is 5.75 Å². The van der Waals surface area contributed by atoms with Gasteiger partial charge in [0, 0.05) is 5.39 Å². The van der Waals surface area contributed by atoms with Crippen molar-refractivity contribution in [2.75, 3.05) is 12.5 Å². The van der Waals surface area contributed by atoms with Crippen LogP contribution in [0, 0.1) is 5.82 Å². The fourth-order valence-electron chi connectivity index (χ4n) is 1.81. The van der Waals surface area contributed by atoms with E-state index in [0.29, 0.717) is 17.0 Å². The lowest BCUT2D eigenvalue weighted by Gasteiger charge is -2.11. The number of fused-ring (bicyclic) bond motifs is 1. The number of anilines is 1. The van der Waals surface area contributed by atoms with Crippen molar-refractivity contribution in [2.24, 2.45) is 5.84 Å². The second kappa shape index (κ2) is 4.55. The molecule has 0 aliphatic heterocycles. The van der Waals surface area contributed by atoms with Crippen LogP contribution in [0.1, 0.15) is 12.5 Å². The zero-order valence-corrected chi connectivity index (χ0v) is 9.75. The third kappa shape index (κ3) is 1.89. The molecule has 0 saturated heterocycles. The lowest BCUT2D eigenvalue weighted by atomic mass is 10.1. The molecule has 90 valence electrons. The van der Waals surface area contributed by atoms with E-state index in [1.807, 2.05) is 13.0 Å². The molecule has 0 saturated carbocycles. The Hall–Kier alpha value is -1.88. The second-order valence-electron chi connectivity index (χ2n) is 3.64. The molecule has 0 atom stereocenters. The number of nitrogens with two attached hydrogens (primary N) is 1. The Labute approximate surface area is 98.6 Å². The summed E-state index contributed by atoms with van der Waals surface area (Å²) in [6.07, 6.45) is 0.752. The number of hydrogen-bond acceptors (Lipinski definition) is 4. The molecule has 4 nitrogen and oxygen atoms in total. The maximum Gasteiger partial charge on any atom is 0.149 e. The normalized spacial score (nSPS) is 10.6. The minimum Gasteiger partial charge on any atom is -0.496 e. The summed E-state index contributed by atoms with van der Waals surface area (Å²) in [5.41, 5.74) is 3.66. The van der Waals surface area contributed by atoms with Gasteiger partial charge in [-0.15, -0.1) is 0 Å². The number of hydrazine groups is 1. The summed E-state index contributed by atoms with van der Waals surface area (Å²) in [6, 6.07) is 4.77. The highest BCUT2D eigenvalue weighted by molar-refractivity contribution is 5.88. The van der Waals surface area contributed by atoms with Crippen LogP contribution in [0.4, 0.5) is 10.2 Å². The van der Waals surface area contributed by atoms with Crippen LogP contribution >= 0.6 is 0 Å². The van der Waals surface area contributed by atoms with E-state index < -0.39 is 0 Å². The first-order chi connectivity index (χ1) is 8.21. The highest BCUT2D eigenvalue weighted by Crippen LogP contribution is 2.29. The van der Waals surface area contributed by atoms with Gasteiger partial charge in [-0.2, -0.15) is 0 Å². The third-order valence-corrected chi connectivity index (χ3v) is 2.71. The van der Waals surface area contributed by atoms with Gasteiger partial charge in [0.05, 0.1) is 7.11 Å². The summed E-state index contributed by atoms with van der Waals surface area (Å²) >= 11 is 0. The molecule has 1 aromatic heterocycles. The minimum absolute atomic E-state index is 0.259. The van der Waals surface area contributed by atoms with Crippen LogP contribution in [0.3, 0.4) is 0 Å². The van der Waals surface area contributed by atoms with E-state index in [1.165, 1.54) is 6.07 Å². The number of halogens is 1. The minimum atomic E-state index is -0.389. The predicted octanol–water partition coefficient (Wildman–Crippen LogP) is 2.23. The number of aryl methyl sites for hydroxylation is 1. The molecule has 0 fully saturated rings. The van der Waals surface area contributed by atoms with Gasteiger partial charge in [-0.1, -0.05) is 6.92 Å². The van der Waals surface area contributed by atoms with Crippen LogP contribution in [-0.2, 0) is 6.42 Å². The molecule has 3 N–H and O–H groups in total. The largest absolute Gasteiger partial charge is 0.496 e. The molecule has 2 aromatic rings. The average molecular weight is 235 g/mol. The summed E-state index contributed by atoms with van der Waals surface area (Å²) in [5, 5.41) is 0.656. The zero-order valence-electron chi connectivity index (χ0n) is 9.75. The summed E-state index contributed by atoms with van der Waals surface area (Å²) in [6.45, 7) is 1.98. The van der Waals surface area contributed by atoms with Gasteiger partial charge in [-0.3, -0.25) is 0 Å². The topological polar surface area (TPSA) is 60.2 Å². The number of aromatic nitrogens is 1. The molecule has 1 aromatic carbocycles. The second-order valence-corrected chi connectivity index (χ2v) is 3.64. The Balaban J connectivity index is 2.80. The number of nitrogens with one attached hydrogen (secondary N) is 1. The van der Waals surface area contributed by atoms with E-state index in [-0.39, 0.29) is 11.3 Å². The molecule has 17 heavy (non-hydrogen) atoms. The van der Waals surface area contributed by atoms with Crippen molar-refractivity contribution in [1.82, 2.24) is 4.98 Å². The fraction of sp³-hybridized carbons (Fsp3) is 0.250. The summed E-state index contributed by atoms with van der Waals surface area (Å²) in [4.78, 5) is 4.18. The third-order valence-electron chi connectivity index (χ3n) is 2.71. The number of rotatable bonds is 3. The molecule has 0 amide bonds. The van der Waals surface area contributed by atoms with Gasteiger partial charge in [-0.05, 0) is 30.2 Å². The van der Waals surface area contributed by atoms with Crippen LogP contribution in [-0.4, -0.2) is 12.1 Å².